The summed E-state index contributed by atoms with van der Waals surface area (Å²) in [7, 11) is 0. The molecule has 1 aliphatic heterocycles. The van der Waals surface area contributed by atoms with E-state index in [1.54, 1.807) is 12.1 Å². The minimum absolute atomic E-state index is 0. The maximum atomic E-state index is 12.4. The van der Waals surface area contributed by atoms with Gasteiger partial charge in [-0.15, -0.1) is 12.4 Å². The SMILES string of the molecule is CC1(C)C(C(=O)Nc2cc3c(cc2N)OCO3)C1(C)C.Cl. The number of carbonyl (C=O) groups excluding carboxylic acids is 1. The Balaban J connectivity index is 0.00000161. The van der Waals surface area contributed by atoms with Crippen LogP contribution in [0.2, 0.25) is 0 Å². The average Bonchev–Trinajstić information content (AvgIpc) is 2.64. The first-order valence-electron chi connectivity index (χ1n) is 6.75. The van der Waals surface area contributed by atoms with Gasteiger partial charge in [0.05, 0.1) is 11.4 Å². The zero-order chi connectivity index (χ0) is 14.7. The van der Waals surface area contributed by atoms with Gasteiger partial charge in [-0.1, -0.05) is 27.7 Å². The lowest BCUT2D eigenvalue weighted by atomic mass is 10.0. The van der Waals surface area contributed by atoms with Crippen LogP contribution >= 0.6 is 12.4 Å². The number of nitrogens with two attached hydrogens (primary N) is 1. The fraction of sp³-hybridized carbons (Fsp3) is 0.533. The second-order valence-electron chi connectivity index (χ2n) is 6.66. The summed E-state index contributed by atoms with van der Waals surface area (Å²) < 4.78 is 10.6. The number of hydrogen-bond acceptors (Lipinski definition) is 4. The number of anilines is 2. The molecule has 116 valence electrons. The molecule has 6 heteroatoms. The molecule has 1 aromatic carbocycles. The van der Waals surface area contributed by atoms with Crippen molar-refractivity contribution in [2.75, 3.05) is 17.8 Å². The Labute approximate surface area is 130 Å². The molecule has 0 aromatic heterocycles. The summed E-state index contributed by atoms with van der Waals surface area (Å²) in [6.07, 6.45) is 0. The fourth-order valence-corrected chi connectivity index (χ4v) is 3.12. The van der Waals surface area contributed by atoms with Crippen LogP contribution < -0.4 is 20.5 Å². The van der Waals surface area contributed by atoms with Gasteiger partial charge in [0, 0.05) is 18.1 Å². The van der Waals surface area contributed by atoms with Gasteiger partial charge in [0.15, 0.2) is 11.5 Å². The maximum Gasteiger partial charge on any atom is 0.231 e. The molecule has 1 saturated carbocycles. The van der Waals surface area contributed by atoms with Gasteiger partial charge in [0.2, 0.25) is 12.7 Å². The molecule has 1 fully saturated rings. The molecule has 5 nitrogen and oxygen atoms in total. The lowest BCUT2D eigenvalue weighted by Gasteiger charge is -2.10. The molecule has 0 spiro atoms. The van der Waals surface area contributed by atoms with Crippen molar-refractivity contribution >= 4 is 29.7 Å². The fourth-order valence-electron chi connectivity index (χ4n) is 3.12. The van der Waals surface area contributed by atoms with E-state index in [1.807, 2.05) is 0 Å². The summed E-state index contributed by atoms with van der Waals surface area (Å²) in [5.74, 6) is 1.22. The van der Waals surface area contributed by atoms with Gasteiger partial charge in [0.25, 0.3) is 0 Å². The first kappa shape index (κ1) is 15.8. The molecule has 1 heterocycles. The summed E-state index contributed by atoms with van der Waals surface area (Å²) in [6.45, 7) is 8.63. The molecule has 3 rings (SSSR count). The van der Waals surface area contributed by atoms with E-state index in [0.717, 1.165) is 0 Å². The van der Waals surface area contributed by atoms with Crippen LogP contribution in [0.1, 0.15) is 27.7 Å². The molecule has 0 atom stereocenters. The number of rotatable bonds is 2. The van der Waals surface area contributed by atoms with Gasteiger partial charge in [-0.25, -0.2) is 0 Å². The lowest BCUT2D eigenvalue weighted by Crippen LogP contribution is -2.18. The van der Waals surface area contributed by atoms with E-state index >= 15 is 0 Å². The van der Waals surface area contributed by atoms with Gasteiger partial charge >= 0.3 is 0 Å². The molecule has 0 saturated heterocycles. The number of halogens is 1. The molecular formula is C15H21ClN2O3. The van der Waals surface area contributed by atoms with Crippen LogP contribution in [-0.2, 0) is 4.79 Å². The Kier molecular flexibility index (Phi) is 3.53. The minimum Gasteiger partial charge on any atom is -0.454 e. The van der Waals surface area contributed by atoms with Crippen molar-refractivity contribution in [3.63, 3.8) is 0 Å². The zero-order valence-corrected chi connectivity index (χ0v) is 13.5. The zero-order valence-electron chi connectivity index (χ0n) is 12.6. The van der Waals surface area contributed by atoms with E-state index in [2.05, 4.69) is 33.0 Å². The van der Waals surface area contributed by atoms with Gasteiger partial charge in [-0.2, -0.15) is 0 Å². The number of fused-ring (bicyclic) bond motifs is 1. The highest BCUT2D eigenvalue weighted by Gasteiger charge is 2.68. The summed E-state index contributed by atoms with van der Waals surface area (Å²) in [5, 5.41) is 2.91. The number of amides is 1. The second-order valence-corrected chi connectivity index (χ2v) is 6.66. The van der Waals surface area contributed by atoms with E-state index in [4.69, 9.17) is 15.2 Å². The van der Waals surface area contributed by atoms with Gasteiger partial charge < -0.3 is 20.5 Å². The highest BCUT2D eigenvalue weighted by Crippen LogP contribution is 2.68. The van der Waals surface area contributed by atoms with Crippen molar-refractivity contribution in [1.82, 2.24) is 0 Å². The molecule has 0 unspecified atom stereocenters. The third-order valence-corrected chi connectivity index (χ3v) is 5.09. The van der Waals surface area contributed by atoms with Gasteiger partial charge in [-0.3, -0.25) is 4.79 Å². The van der Waals surface area contributed by atoms with Crippen molar-refractivity contribution in [3.05, 3.63) is 12.1 Å². The highest BCUT2D eigenvalue weighted by atomic mass is 35.5. The highest BCUT2D eigenvalue weighted by molar-refractivity contribution is 5.98. The number of nitrogens with one attached hydrogen (secondary N) is 1. The van der Waals surface area contributed by atoms with Crippen molar-refractivity contribution < 1.29 is 14.3 Å². The summed E-state index contributed by atoms with van der Waals surface area (Å²) in [4.78, 5) is 12.4. The Morgan fingerprint density at radius 1 is 1.19 bits per heavy atom. The number of nitrogen functional groups attached to an aromatic ring is 1. The van der Waals surface area contributed by atoms with E-state index in [0.29, 0.717) is 22.9 Å². The largest absolute Gasteiger partial charge is 0.454 e. The summed E-state index contributed by atoms with van der Waals surface area (Å²) >= 11 is 0. The van der Waals surface area contributed by atoms with Crippen LogP contribution in [0.3, 0.4) is 0 Å². The van der Waals surface area contributed by atoms with Crippen LogP contribution in [0.15, 0.2) is 12.1 Å². The van der Waals surface area contributed by atoms with Gasteiger partial charge in [0.1, 0.15) is 0 Å². The van der Waals surface area contributed by atoms with Crippen LogP contribution in [0, 0.1) is 16.7 Å². The first-order valence-corrected chi connectivity index (χ1v) is 6.75. The number of ether oxygens (including phenoxy) is 2. The normalized spacial score (nSPS) is 20.6. The van der Waals surface area contributed by atoms with Crippen molar-refractivity contribution in [1.29, 1.82) is 0 Å². The Bertz CT molecular complexity index is 585. The first-order chi connectivity index (χ1) is 9.25. The van der Waals surface area contributed by atoms with E-state index in [9.17, 15) is 4.79 Å². The molecule has 0 bridgehead atoms. The Morgan fingerprint density at radius 3 is 2.24 bits per heavy atom. The standard InChI is InChI=1S/C15H20N2O3.ClH/c1-14(2)12(15(14,3)4)13(18)17-9-6-11-10(5-8(9)16)19-7-20-11;/h5-6,12H,7,16H2,1-4H3,(H,17,18);1H. The molecule has 2 aliphatic rings. The summed E-state index contributed by atoms with van der Waals surface area (Å²) in [6, 6.07) is 3.40. The topological polar surface area (TPSA) is 73.6 Å². The van der Waals surface area contributed by atoms with Gasteiger partial charge in [-0.05, 0) is 10.8 Å². The van der Waals surface area contributed by atoms with Crippen LogP contribution in [0.4, 0.5) is 11.4 Å². The minimum atomic E-state index is -0.0141. The maximum absolute atomic E-state index is 12.4. The van der Waals surface area contributed by atoms with Crippen molar-refractivity contribution in [3.8, 4) is 11.5 Å². The van der Waals surface area contributed by atoms with Crippen molar-refractivity contribution in [2.45, 2.75) is 27.7 Å². The molecule has 0 radical (unpaired) electrons. The molecular weight excluding hydrogens is 292 g/mol. The van der Waals surface area contributed by atoms with E-state index in [1.165, 1.54) is 0 Å². The quantitative estimate of drug-likeness (QED) is 0.823. The lowest BCUT2D eigenvalue weighted by molar-refractivity contribution is -0.118. The molecule has 21 heavy (non-hydrogen) atoms. The summed E-state index contributed by atoms with van der Waals surface area (Å²) in [5.41, 5.74) is 7.02. The van der Waals surface area contributed by atoms with Crippen molar-refractivity contribution in [2.24, 2.45) is 16.7 Å². The van der Waals surface area contributed by atoms with Crippen LogP contribution in [0.5, 0.6) is 11.5 Å². The smallest absolute Gasteiger partial charge is 0.231 e. The Morgan fingerprint density at radius 2 is 1.71 bits per heavy atom. The number of hydrogen-bond donors (Lipinski definition) is 2. The van der Waals surface area contributed by atoms with E-state index in [-0.39, 0.29) is 41.9 Å². The molecule has 1 aliphatic carbocycles. The monoisotopic (exact) mass is 312 g/mol. The number of benzene rings is 1. The third kappa shape index (κ3) is 2.20. The second kappa shape index (κ2) is 4.70. The number of carbonyl (C=O) groups is 1. The van der Waals surface area contributed by atoms with E-state index < -0.39 is 0 Å². The predicted molar refractivity (Wildman–Crippen MR) is 83.9 cm³/mol. The average molecular weight is 313 g/mol. The molecule has 1 aromatic rings. The Hall–Kier alpha value is -1.62. The predicted octanol–water partition coefficient (Wildman–Crippen LogP) is 3.04. The van der Waals surface area contributed by atoms with Crippen LogP contribution in [0.25, 0.3) is 0 Å². The third-order valence-electron chi connectivity index (χ3n) is 5.09. The van der Waals surface area contributed by atoms with Crippen LogP contribution in [-0.4, -0.2) is 12.7 Å². The molecule has 1 amide bonds. The molecule has 3 N–H and O–H groups in total.